The first-order valence-corrected chi connectivity index (χ1v) is 15.6. The van der Waals surface area contributed by atoms with Crippen LogP contribution in [0.4, 0.5) is 29.3 Å². The van der Waals surface area contributed by atoms with Crippen LogP contribution in [-0.4, -0.2) is 81.1 Å². The van der Waals surface area contributed by atoms with Crippen molar-refractivity contribution in [3.8, 4) is 0 Å². The third-order valence-electron chi connectivity index (χ3n) is 7.53. The third kappa shape index (κ3) is 7.22. The van der Waals surface area contributed by atoms with Gasteiger partial charge in [0.2, 0.25) is 11.7 Å². The number of rotatable bonds is 6. The molecule has 0 unspecified atom stereocenters. The first-order valence-electron chi connectivity index (χ1n) is 14.9. The maximum Gasteiger partial charge on any atom is 0.416 e. The first kappa shape index (κ1) is 33.4. The van der Waals surface area contributed by atoms with Gasteiger partial charge in [0.05, 0.1) is 30.2 Å². The van der Waals surface area contributed by atoms with Gasteiger partial charge in [-0.05, 0) is 73.3 Å². The molecule has 0 bridgehead atoms. The number of hydrogen-bond acceptors (Lipinski definition) is 8. The number of hydrogen-bond donors (Lipinski definition) is 1. The monoisotopic (exact) mass is 709 g/mol. The molecule has 2 amide bonds. The molecule has 1 aromatic carbocycles. The van der Waals surface area contributed by atoms with Crippen molar-refractivity contribution < 1.29 is 32.2 Å². The molecule has 248 valence electrons. The van der Waals surface area contributed by atoms with Gasteiger partial charge >= 0.3 is 12.3 Å². The van der Waals surface area contributed by atoms with Gasteiger partial charge in [0.1, 0.15) is 17.8 Å². The lowest BCUT2D eigenvalue weighted by atomic mass is 10.1. The van der Waals surface area contributed by atoms with E-state index in [0.717, 1.165) is 17.7 Å². The minimum Gasteiger partial charge on any atom is -0.444 e. The molecule has 0 saturated carbocycles. The Morgan fingerprint density at radius 1 is 1.13 bits per heavy atom. The van der Waals surface area contributed by atoms with Crippen LogP contribution in [0.3, 0.4) is 0 Å². The minimum absolute atomic E-state index is 0.0659. The van der Waals surface area contributed by atoms with Gasteiger partial charge in [-0.15, -0.1) is 5.10 Å². The van der Waals surface area contributed by atoms with Gasteiger partial charge < -0.3 is 29.2 Å². The van der Waals surface area contributed by atoms with E-state index in [9.17, 15) is 27.6 Å². The number of carbonyl (C=O) groups excluding carboxylic acids is 2. The second-order valence-electron chi connectivity index (χ2n) is 11.9. The zero-order valence-corrected chi connectivity index (χ0v) is 27.5. The summed E-state index contributed by atoms with van der Waals surface area (Å²) in [6.07, 6.45) is -2.23. The van der Waals surface area contributed by atoms with Crippen LogP contribution >= 0.6 is 15.9 Å². The standard InChI is InChI=1S/C30H35BrF3N7O5/c1-5-22-24(38-10-12-39(13-11-38)28(44)46-29(2,3)4)26(43)41-27(36-25(37-41)18-8-14-45-15-9-18)40(22)17-23(42)35-21-7-6-19(16-20(21)31)30(32,33)34/h6-8,16H,5,9-15,17H2,1-4H3,(H,35,42). The second-order valence-corrected chi connectivity index (χ2v) is 12.8. The summed E-state index contributed by atoms with van der Waals surface area (Å²) in [5.74, 6) is -0.0488. The lowest BCUT2D eigenvalue weighted by Gasteiger charge is -2.37. The van der Waals surface area contributed by atoms with Crippen LogP contribution in [0.15, 0.2) is 33.5 Å². The molecule has 46 heavy (non-hydrogen) atoms. The Labute approximate surface area is 271 Å². The quantitative estimate of drug-likeness (QED) is 0.390. The normalized spacial score (nSPS) is 16.0. The Morgan fingerprint density at radius 3 is 2.43 bits per heavy atom. The fourth-order valence-electron chi connectivity index (χ4n) is 5.36. The van der Waals surface area contributed by atoms with Gasteiger partial charge in [-0.2, -0.15) is 22.7 Å². The number of ether oxygens (including phenoxy) is 2. The molecule has 12 nitrogen and oxygen atoms in total. The van der Waals surface area contributed by atoms with Crippen LogP contribution in [-0.2, 0) is 33.4 Å². The third-order valence-corrected chi connectivity index (χ3v) is 8.19. The van der Waals surface area contributed by atoms with E-state index in [-0.39, 0.29) is 22.5 Å². The summed E-state index contributed by atoms with van der Waals surface area (Å²) < 4.78 is 53.3. The maximum absolute atomic E-state index is 14.1. The van der Waals surface area contributed by atoms with Crippen LogP contribution in [0.25, 0.3) is 11.4 Å². The molecule has 5 rings (SSSR count). The van der Waals surface area contributed by atoms with Crippen molar-refractivity contribution in [2.24, 2.45) is 0 Å². The summed E-state index contributed by atoms with van der Waals surface area (Å²) >= 11 is 3.12. The molecule has 1 saturated heterocycles. The molecule has 3 aromatic rings. The summed E-state index contributed by atoms with van der Waals surface area (Å²) in [6, 6.07) is 2.96. The van der Waals surface area contributed by atoms with Crippen LogP contribution in [0, 0.1) is 0 Å². The molecule has 2 aromatic heterocycles. The number of halogens is 4. The molecule has 2 aliphatic rings. The van der Waals surface area contributed by atoms with Gasteiger partial charge in [0.15, 0.2) is 5.82 Å². The van der Waals surface area contributed by atoms with E-state index in [1.807, 2.05) is 17.9 Å². The lowest BCUT2D eigenvalue weighted by molar-refractivity contribution is -0.137. The smallest absolute Gasteiger partial charge is 0.416 e. The van der Waals surface area contributed by atoms with E-state index in [0.29, 0.717) is 69.4 Å². The van der Waals surface area contributed by atoms with E-state index >= 15 is 0 Å². The molecule has 0 radical (unpaired) electrons. The summed E-state index contributed by atoms with van der Waals surface area (Å²) in [4.78, 5) is 48.3. The largest absolute Gasteiger partial charge is 0.444 e. The molecule has 16 heteroatoms. The molecule has 0 atom stereocenters. The molecule has 0 spiro atoms. The number of benzene rings is 1. The highest BCUT2D eigenvalue weighted by Crippen LogP contribution is 2.34. The van der Waals surface area contributed by atoms with Crippen molar-refractivity contribution in [3.05, 3.63) is 56.2 Å². The summed E-state index contributed by atoms with van der Waals surface area (Å²) in [5.41, 5.74) is -0.0900. The summed E-state index contributed by atoms with van der Waals surface area (Å²) in [7, 11) is 0. The van der Waals surface area contributed by atoms with E-state index < -0.39 is 34.9 Å². The van der Waals surface area contributed by atoms with Crippen molar-refractivity contribution in [1.82, 2.24) is 24.1 Å². The average molecular weight is 711 g/mol. The predicted octanol–water partition coefficient (Wildman–Crippen LogP) is 4.73. The highest BCUT2D eigenvalue weighted by atomic mass is 79.9. The number of nitrogens with one attached hydrogen (secondary N) is 1. The molecule has 1 N–H and O–H groups in total. The number of piperazine rings is 1. The van der Waals surface area contributed by atoms with Crippen molar-refractivity contribution in [3.63, 3.8) is 0 Å². The lowest BCUT2D eigenvalue weighted by Crippen LogP contribution is -2.51. The Balaban J connectivity index is 1.51. The molecular weight excluding hydrogens is 675 g/mol. The molecule has 1 fully saturated rings. The molecule has 0 aliphatic carbocycles. The second kappa shape index (κ2) is 13.1. The number of fused-ring (bicyclic) bond motifs is 1. The topological polar surface area (TPSA) is 123 Å². The van der Waals surface area contributed by atoms with E-state index in [2.05, 4.69) is 31.3 Å². The van der Waals surface area contributed by atoms with Crippen LogP contribution in [0.1, 0.15) is 51.2 Å². The van der Waals surface area contributed by atoms with Gasteiger partial charge in [0.25, 0.3) is 5.56 Å². The Hall–Kier alpha value is -3.92. The van der Waals surface area contributed by atoms with Crippen molar-refractivity contribution in [2.45, 2.75) is 58.9 Å². The number of amides is 2. The summed E-state index contributed by atoms with van der Waals surface area (Å²) in [6.45, 7) is 9.09. The molecular formula is C30H35BrF3N7O5. The number of carbonyl (C=O) groups is 2. The van der Waals surface area contributed by atoms with Crippen molar-refractivity contribution in [1.29, 1.82) is 0 Å². The van der Waals surface area contributed by atoms with Gasteiger partial charge in [-0.3, -0.25) is 9.59 Å². The Bertz CT molecular complexity index is 1740. The predicted molar refractivity (Wildman–Crippen MR) is 168 cm³/mol. The van der Waals surface area contributed by atoms with Crippen LogP contribution in [0.5, 0.6) is 0 Å². The molecule has 4 heterocycles. The average Bonchev–Trinajstić information content (AvgIpc) is 3.45. The van der Waals surface area contributed by atoms with E-state index in [4.69, 9.17) is 9.47 Å². The van der Waals surface area contributed by atoms with Gasteiger partial charge in [-0.1, -0.05) is 13.0 Å². The zero-order valence-electron chi connectivity index (χ0n) is 25.9. The number of nitrogens with zero attached hydrogens (tertiary/aromatic N) is 6. The maximum atomic E-state index is 14.1. The number of aromatic nitrogens is 4. The van der Waals surface area contributed by atoms with Gasteiger partial charge in [-0.25, -0.2) is 4.79 Å². The first-order chi connectivity index (χ1) is 21.7. The number of anilines is 2. The highest BCUT2D eigenvalue weighted by Gasteiger charge is 2.32. The van der Waals surface area contributed by atoms with Crippen molar-refractivity contribution >= 4 is 50.7 Å². The minimum atomic E-state index is -4.54. The van der Waals surface area contributed by atoms with Crippen molar-refractivity contribution in [2.75, 3.05) is 49.6 Å². The highest BCUT2D eigenvalue weighted by molar-refractivity contribution is 9.10. The fraction of sp³-hybridized carbons (Fsp3) is 0.500. The van der Waals surface area contributed by atoms with Gasteiger partial charge in [0, 0.05) is 30.7 Å². The Kier molecular flexibility index (Phi) is 9.50. The van der Waals surface area contributed by atoms with Crippen LogP contribution in [0.2, 0.25) is 0 Å². The van der Waals surface area contributed by atoms with E-state index in [1.54, 1.807) is 30.2 Å². The van der Waals surface area contributed by atoms with E-state index in [1.165, 1.54) is 10.6 Å². The SMILES string of the molecule is CCc1c(N2CCN(C(=O)OC(C)(C)C)CC2)c(=O)n2nc(C3=CCOCC3)nc2n1CC(=O)Nc1ccc(C(F)(F)F)cc1Br. The Morgan fingerprint density at radius 2 is 1.85 bits per heavy atom. The summed E-state index contributed by atoms with van der Waals surface area (Å²) in [5, 5.41) is 7.21. The zero-order chi connectivity index (χ0) is 33.4. The molecule has 2 aliphatic heterocycles. The number of alkyl halides is 3. The van der Waals surface area contributed by atoms with Crippen LogP contribution < -0.4 is 15.8 Å². The fourth-order valence-corrected chi connectivity index (χ4v) is 5.84.